The van der Waals surface area contributed by atoms with Crippen LogP contribution >= 0.6 is 35.3 Å². The fourth-order valence-corrected chi connectivity index (χ4v) is 3.83. The lowest BCUT2D eigenvalue weighted by atomic mass is 9.96. The Bertz CT molecular complexity index is 794. The lowest BCUT2D eigenvalue weighted by molar-refractivity contribution is 0.119. The van der Waals surface area contributed by atoms with E-state index in [2.05, 4.69) is 37.7 Å². The molecule has 1 heterocycles. The SMILES string of the molecule is CN=C(NCc1ccccc1OC1CCC1)N(C)Cc1csc(C(C)OC)n1.I. The van der Waals surface area contributed by atoms with E-state index in [1.54, 1.807) is 25.5 Å². The number of para-hydroxylation sites is 1. The molecule has 0 saturated heterocycles. The summed E-state index contributed by atoms with van der Waals surface area (Å²) in [6, 6.07) is 8.23. The van der Waals surface area contributed by atoms with E-state index in [0.29, 0.717) is 19.2 Å². The molecule has 6 nitrogen and oxygen atoms in total. The molecule has 1 fully saturated rings. The standard InChI is InChI=1S/C21H30N4O2S.HI/c1-15(26-4)20-24-17(14-28-20)13-25(3)21(22-2)23-12-16-8-5-6-11-19(16)27-18-9-7-10-18;/h5-6,8,11,14-15,18H,7,9-10,12-13H2,1-4H3,(H,22,23);1H. The highest BCUT2D eigenvalue weighted by atomic mass is 127. The van der Waals surface area contributed by atoms with Crippen LogP contribution in [0, 0.1) is 0 Å². The highest BCUT2D eigenvalue weighted by Crippen LogP contribution is 2.27. The number of nitrogens with zero attached hydrogens (tertiary/aromatic N) is 3. The van der Waals surface area contributed by atoms with Crippen LogP contribution in [0.25, 0.3) is 0 Å². The van der Waals surface area contributed by atoms with E-state index in [1.165, 1.54) is 6.42 Å². The maximum Gasteiger partial charge on any atom is 0.194 e. The van der Waals surface area contributed by atoms with Gasteiger partial charge in [-0.1, -0.05) is 18.2 Å². The molecule has 0 amide bonds. The summed E-state index contributed by atoms with van der Waals surface area (Å²) in [6.07, 6.45) is 3.97. The second-order valence-corrected chi connectivity index (χ2v) is 7.98. The molecule has 0 bridgehead atoms. The van der Waals surface area contributed by atoms with Gasteiger partial charge in [0, 0.05) is 38.7 Å². The minimum Gasteiger partial charge on any atom is -0.490 e. The number of halogens is 1. The fourth-order valence-electron chi connectivity index (χ4n) is 2.99. The van der Waals surface area contributed by atoms with Crippen LogP contribution in [0.5, 0.6) is 5.75 Å². The molecule has 1 N–H and O–H groups in total. The Kier molecular flexibility index (Phi) is 9.64. The van der Waals surface area contributed by atoms with Crippen molar-refractivity contribution in [2.45, 2.75) is 51.5 Å². The van der Waals surface area contributed by atoms with Crippen molar-refractivity contribution in [3.05, 3.63) is 45.9 Å². The molecular weight excluding hydrogens is 499 g/mol. The molecule has 3 rings (SSSR count). The van der Waals surface area contributed by atoms with Gasteiger partial charge in [-0.25, -0.2) is 4.98 Å². The predicted octanol–water partition coefficient (Wildman–Crippen LogP) is 4.61. The minimum absolute atomic E-state index is 0. The van der Waals surface area contributed by atoms with Gasteiger partial charge in [0.2, 0.25) is 0 Å². The molecular formula is C21H31IN4O2S. The first-order valence-electron chi connectivity index (χ1n) is 9.74. The van der Waals surface area contributed by atoms with Gasteiger partial charge >= 0.3 is 0 Å². The van der Waals surface area contributed by atoms with Crippen LogP contribution in [0.1, 0.15) is 48.6 Å². The van der Waals surface area contributed by atoms with E-state index in [0.717, 1.165) is 40.8 Å². The summed E-state index contributed by atoms with van der Waals surface area (Å²) in [4.78, 5) is 11.2. The summed E-state index contributed by atoms with van der Waals surface area (Å²) in [6.45, 7) is 3.37. The van der Waals surface area contributed by atoms with Crippen molar-refractivity contribution in [2.75, 3.05) is 21.2 Å². The van der Waals surface area contributed by atoms with Gasteiger partial charge in [-0.15, -0.1) is 35.3 Å². The third-order valence-electron chi connectivity index (χ3n) is 5.00. The van der Waals surface area contributed by atoms with Crippen molar-refractivity contribution >= 4 is 41.3 Å². The number of ether oxygens (including phenoxy) is 2. The first-order valence-corrected chi connectivity index (χ1v) is 10.6. The molecule has 29 heavy (non-hydrogen) atoms. The van der Waals surface area contributed by atoms with E-state index >= 15 is 0 Å². The molecule has 1 aromatic heterocycles. The van der Waals surface area contributed by atoms with Crippen LogP contribution in [0.15, 0.2) is 34.6 Å². The molecule has 0 aliphatic heterocycles. The van der Waals surface area contributed by atoms with Crippen LogP contribution in [-0.2, 0) is 17.8 Å². The van der Waals surface area contributed by atoms with Gasteiger partial charge in [-0.2, -0.15) is 0 Å². The van der Waals surface area contributed by atoms with Gasteiger partial charge in [-0.3, -0.25) is 4.99 Å². The molecule has 1 aromatic carbocycles. The average molecular weight is 530 g/mol. The lowest BCUT2D eigenvalue weighted by Gasteiger charge is -2.28. The van der Waals surface area contributed by atoms with Gasteiger partial charge in [0.1, 0.15) is 16.9 Å². The number of methoxy groups -OCH3 is 1. The van der Waals surface area contributed by atoms with Gasteiger partial charge < -0.3 is 19.7 Å². The van der Waals surface area contributed by atoms with Crippen molar-refractivity contribution in [3.8, 4) is 5.75 Å². The first kappa shape index (κ1) is 23.9. The zero-order valence-corrected chi connectivity index (χ0v) is 20.7. The van der Waals surface area contributed by atoms with Crippen LogP contribution in [0.2, 0.25) is 0 Å². The summed E-state index contributed by atoms with van der Waals surface area (Å²) in [5, 5.41) is 6.52. The van der Waals surface area contributed by atoms with Gasteiger partial charge in [0.15, 0.2) is 5.96 Å². The quantitative estimate of drug-likeness (QED) is 0.307. The van der Waals surface area contributed by atoms with E-state index in [4.69, 9.17) is 9.47 Å². The van der Waals surface area contributed by atoms with E-state index in [-0.39, 0.29) is 30.1 Å². The largest absolute Gasteiger partial charge is 0.490 e. The number of benzene rings is 1. The Morgan fingerprint density at radius 1 is 1.38 bits per heavy atom. The van der Waals surface area contributed by atoms with Gasteiger partial charge in [0.25, 0.3) is 0 Å². The Balaban J connectivity index is 0.00000300. The second kappa shape index (κ2) is 11.7. The number of aromatic nitrogens is 1. The summed E-state index contributed by atoms with van der Waals surface area (Å²) < 4.78 is 11.5. The predicted molar refractivity (Wildman–Crippen MR) is 129 cm³/mol. The lowest BCUT2D eigenvalue weighted by Crippen LogP contribution is -2.38. The monoisotopic (exact) mass is 530 g/mol. The summed E-state index contributed by atoms with van der Waals surface area (Å²) in [7, 11) is 5.52. The minimum atomic E-state index is 0. The summed E-state index contributed by atoms with van der Waals surface area (Å²) >= 11 is 1.63. The molecule has 0 radical (unpaired) electrons. The highest BCUT2D eigenvalue weighted by molar-refractivity contribution is 14.0. The molecule has 1 atom stereocenters. The Morgan fingerprint density at radius 3 is 2.79 bits per heavy atom. The van der Waals surface area contributed by atoms with E-state index < -0.39 is 0 Å². The number of hydrogen-bond donors (Lipinski definition) is 1. The number of thiazole rings is 1. The van der Waals surface area contributed by atoms with Crippen molar-refractivity contribution in [3.63, 3.8) is 0 Å². The molecule has 1 saturated carbocycles. The van der Waals surface area contributed by atoms with E-state index in [9.17, 15) is 0 Å². The Morgan fingerprint density at radius 2 is 2.14 bits per heavy atom. The number of aliphatic imine (C=N–C) groups is 1. The van der Waals surface area contributed by atoms with Crippen molar-refractivity contribution in [1.29, 1.82) is 0 Å². The molecule has 1 unspecified atom stereocenters. The normalized spacial score (nSPS) is 15.2. The number of nitrogens with one attached hydrogen (secondary N) is 1. The maximum atomic E-state index is 6.13. The summed E-state index contributed by atoms with van der Waals surface area (Å²) in [5.41, 5.74) is 2.16. The third-order valence-corrected chi connectivity index (χ3v) is 6.05. The van der Waals surface area contributed by atoms with Crippen LogP contribution < -0.4 is 10.1 Å². The number of rotatable bonds is 8. The summed E-state index contributed by atoms with van der Waals surface area (Å²) in [5.74, 6) is 1.79. The highest BCUT2D eigenvalue weighted by Gasteiger charge is 2.20. The zero-order chi connectivity index (χ0) is 19.9. The number of hydrogen-bond acceptors (Lipinski definition) is 5. The van der Waals surface area contributed by atoms with Crippen molar-refractivity contribution in [1.82, 2.24) is 15.2 Å². The fraction of sp³-hybridized carbons (Fsp3) is 0.524. The third kappa shape index (κ3) is 6.55. The smallest absolute Gasteiger partial charge is 0.194 e. The molecule has 2 aromatic rings. The van der Waals surface area contributed by atoms with Crippen molar-refractivity contribution < 1.29 is 9.47 Å². The zero-order valence-electron chi connectivity index (χ0n) is 17.6. The maximum absolute atomic E-state index is 6.13. The average Bonchev–Trinajstić information content (AvgIpc) is 3.14. The first-order chi connectivity index (χ1) is 13.6. The van der Waals surface area contributed by atoms with Gasteiger partial charge in [-0.05, 0) is 32.3 Å². The number of guanidine groups is 1. The van der Waals surface area contributed by atoms with Crippen LogP contribution in [-0.4, -0.2) is 43.2 Å². The molecule has 1 aliphatic rings. The van der Waals surface area contributed by atoms with Crippen LogP contribution in [0.4, 0.5) is 0 Å². The van der Waals surface area contributed by atoms with E-state index in [1.807, 2.05) is 26.1 Å². The second-order valence-electron chi connectivity index (χ2n) is 7.09. The van der Waals surface area contributed by atoms with Crippen LogP contribution in [0.3, 0.4) is 0 Å². The van der Waals surface area contributed by atoms with Gasteiger partial charge in [0.05, 0.1) is 18.3 Å². The molecule has 1 aliphatic carbocycles. The Labute approximate surface area is 194 Å². The molecule has 8 heteroatoms. The molecule has 160 valence electrons. The Hall–Kier alpha value is -1.39. The molecule has 0 spiro atoms. The van der Waals surface area contributed by atoms with Crippen molar-refractivity contribution in [2.24, 2.45) is 4.99 Å². The topological polar surface area (TPSA) is 59.0 Å².